The number of hydrogen-bond donors (Lipinski definition) is 2. The Morgan fingerprint density at radius 3 is 3.00 bits per heavy atom. The zero-order chi connectivity index (χ0) is 17.9. The molecule has 0 saturated carbocycles. The zero-order valence-electron chi connectivity index (χ0n) is 14.7. The van der Waals surface area contributed by atoms with Gasteiger partial charge >= 0.3 is 0 Å². The maximum absolute atomic E-state index is 13.8. The molecule has 1 fully saturated rings. The summed E-state index contributed by atoms with van der Waals surface area (Å²) in [4.78, 5) is 6.70. The van der Waals surface area contributed by atoms with Gasteiger partial charge in [-0.2, -0.15) is 5.10 Å². The Labute approximate surface area is 152 Å². The summed E-state index contributed by atoms with van der Waals surface area (Å²) < 4.78 is 13.8. The molecule has 1 aromatic carbocycles. The molecule has 2 aromatic heterocycles. The van der Waals surface area contributed by atoms with Gasteiger partial charge in [-0.05, 0) is 43.8 Å². The molecule has 0 bridgehead atoms. The van der Waals surface area contributed by atoms with Crippen LogP contribution in [0.5, 0.6) is 0 Å². The second-order valence-corrected chi connectivity index (χ2v) is 6.82. The maximum Gasteiger partial charge on any atom is 0.128 e. The van der Waals surface area contributed by atoms with Crippen molar-refractivity contribution in [3.8, 4) is 11.1 Å². The number of likely N-dealkylation sites (tertiary alicyclic amines) is 1. The molecular weight excluding hydrogens is 329 g/mol. The van der Waals surface area contributed by atoms with Crippen LogP contribution in [0.4, 0.5) is 10.2 Å². The summed E-state index contributed by atoms with van der Waals surface area (Å²) in [6.07, 6.45) is 4.79. The van der Waals surface area contributed by atoms with Gasteiger partial charge in [0.25, 0.3) is 0 Å². The molecule has 26 heavy (non-hydrogen) atoms. The number of nitrogens with one attached hydrogen (secondary N) is 2. The molecular formula is C20H22FN5. The highest BCUT2D eigenvalue weighted by Crippen LogP contribution is 2.33. The molecule has 1 saturated heterocycles. The van der Waals surface area contributed by atoms with Crippen molar-refractivity contribution in [2.75, 3.05) is 25.5 Å². The lowest BCUT2D eigenvalue weighted by Gasteiger charge is -2.12. The first-order valence-electron chi connectivity index (χ1n) is 8.86. The number of benzene rings is 1. The van der Waals surface area contributed by atoms with E-state index in [1.165, 1.54) is 11.8 Å². The highest BCUT2D eigenvalue weighted by molar-refractivity contribution is 5.68. The number of aromatic nitrogens is 3. The van der Waals surface area contributed by atoms with Gasteiger partial charge in [0.2, 0.25) is 0 Å². The van der Waals surface area contributed by atoms with Crippen LogP contribution in [-0.4, -0.2) is 40.2 Å². The van der Waals surface area contributed by atoms with Gasteiger partial charge in [0.1, 0.15) is 11.6 Å². The summed E-state index contributed by atoms with van der Waals surface area (Å²) in [5.41, 5.74) is 3.98. The van der Waals surface area contributed by atoms with E-state index in [-0.39, 0.29) is 5.82 Å². The summed E-state index contributed by atoms with van der Waals surface area (Å²) >= 11 is 0. The van der Waals surface area contributed by atoms with Crippen molar-refractivity contribution in [2.24, 2.45) is 0 Å². The highest BCUT2D eigenvalue weighted by atomic mass is 19.1. The van der Waals surface area contributed by atoms with Crippen LogP contribution in [-0.2, 0) is 6.54 Å². The Balaban J connectivity index is 1.53. The zero-order valence-corrected chi connectivity index (χ0v) is 14.7. The number of likely N-dealkylation sites (N-methyl/N-ethyl adjacent to an activating group) is 1. The van der Waals surface area contributed by atoms with Crippen LogP contribution in [0.3, 0.4) is 0 Å². The van der Waals surface area contributed by atoms with Crippen LogP contribution in [0.1, 0.15) is 23.6 Å². The van der Waals surface area contributed by atoms with E-state index in [1.807, 2.05) is 24.4 Å². The topological polar surface area (TPSA) is 56.8 Å². The van der Waals surface area contributed by atoms with Crippen LogP contribution in [0.15, 0.2) is 48.8 Å². The van der Waals surface area contributed by atoms with E-state index in [9.17, 15) is 4.39 Å². The van der Waals surface area contributed by atoms with E-state index in [0.717, 1.165) is 36.5 Å². The largest absolute Gasteiger partial charge is 0.366 e. The number of rotatable bonds is 5. The predicted octanol–water partition coefficient (Wildman–Crippen LogP) is 3.64. The van der Waals surface area contributed by atoms with E-state index in [1.54, 1.807) is 18.3 Å². The lowest BCUT2D eigenvalue weighted by atomic mass is 9.97. The third-order valence-corrected chi connectivity index (χ3v) is 4.96. The van der Waals surface area contributed by atoms with E-state index < -0.39 is 0 Å². The molecule has 0 amide bonds. The third kappa shape index (κ3) is 3.46. The molecule has 0 spiro atoms. The summed E-state index contributed by atoms with van der Waals surface area (Å²) in [5, 5.41) is 10.7. The molecule has 1 atom stereocenters. The first-order valence-corrected chi connectivity index (χ1v) is 8.86. The first kappa shape index (κ1) is 16.7. The van der Waals surface area contributed by atoms with Crippen molar-refractivity contribution >= 4 is 5.82 Å². The number of hydrogen-bond acceptors (Lipinski definition) is 4. The van der Waals surface area contributed by atoms with Gasteiger partial charge in [-0.25, -0.2) is 9.37 Å². The molecule has 2 N–H and O–H groups in total. The van der Waals surface area contributed by atoms with E-state index in [2.05, 4.69) is 32.4 Å². The van der Waals surface area contributed by atoms with Crippen LogP contribution in [0, 0.1) is 5.82 Å². The molecule has 3 aromatic rings. The summed E-state index contributed by atoms with van der Waals surface area (Å²) in [6, 6.07) is 10.8. The summed E-state index contributed by atoms with van der Waals surface area (Å²) in [7, 11) is 2.15. The molecule has 5 nitrogen and oxygen atoms in total. The second-order valence-electron chi connectivity index (χ2n) is 6.82. The maximum atomic E-state index is 13.8. The fourth-order valence-electron chi connectivity index (χ4n) is 3.53. The minimum atomic E-state index is -0.210. The normalized spacial score (nSPS) is 17.5. The smallest absolute Gasteiger partial charge is 0.128 e. The van der Waals surface area contributed by atoms with Gasteiger partial charge in [0.05, 0.1) is 6.20 Å². The highest BCUT2D eigenvalue weighted by Gasteiger charge is 2.25. The second kappa shape index (κ2) is 7.25. The number of aromatic amines is 1. The van der Waals surface area contributed by atoms with Crippen molar-refractivity contribution in [1.82, 2.24) is 20.1 Å². The summed E-state index contributed by atoms with van der Waals surface area (Å²) in [6.45, 7) is 2.54. The van der Waals surface area contributed by atoms with Crippen molar-refractivity contribution in [2.45, 2.75) is 18.9 Å². The van der Waals surface area contributed by atoms with Crippen molar-refractivity contribution in [1.29, 1.82) is 0 Å². The van der Waals surface area contributed by atoms with Gasteiger partial charge in [-0.1, -0.05) is 18.2 Å². The number of anilines is 1. The monoisotopic (exact) mass is 351 g/mol. The van der Waals surface area contributed by atoms with E-state index >= 15 is 0 Å². The van der Waals surface area contributed by atoms with Crippen molar-refractivity contribution in [3.05, 3.63) is 65.9 Å². The molecule has 134 valence electrons. The van der Waals surface area contributed by atoms with Gasteiger partial charge in [0, 0.05) is 42.0 Å². The van der Waals surface area contributed by atoms with Crippen LogP contribution >= 0.6 is 0 Å². The molecule has 4 rings (SSSR count). The molecule has 1 aliphatic rings. The Kier molecular flexibility index (Phi) is 4.67. The van der Waals surface area contributed by atoms with Gasteiger partial charge in [-0.15, -0.1) is 0 Å². The fourth-order valence-corrected chi connectivity index (χ4v) is 3.53. The standard InChI is InChI=1S/C20H22FN5/c1-26-9-7-16(13-26)20-17(12-24-25-20)14-6-8-22-19(10-14)23-11-15-4-2-3-5-18(15)21/h2-6,8,10,12,16H,7,9,11,13H2,1H3,(H,22,23)(H,24,25)/t16-/m1/s1. The minimum absolute atomic E-state index is 0.210. The number of pyridine rings is 1. The average Bonchev–Trinajstić information content (AvgIpc) is 3.30. The molecule has 0 aliphatic carbocycles. The van der Waals surface area contributed by atoms with Crippen molar-refractivity contribution in [3.63, 3.8) is 0 Å². The molecule has 3 heterocycles. The van der Waals surface area contributed by atoms with Crippen LogP contribution in [0.2, 0.25) is 0 Å². The van der Waals surface area contributed by atoms with E-state index in [4.69, 9.17) is 0 Å². The number of H-pyrrole nitrogens is 1. The molecule has 0 unspecified atom stereocenters. The Hall–Kier alpha value is -2.73. The number of halogens is 1. The minimum Gasteiger partial charge on any atom is -0.366 e. The Bertz CT molecular complexity index is 891. The summed E-state index contributed by atoms with van der Waals surface area (Å²) in [5.74, 6) is 0.987. The molecule has 6 heteroatoms. The van der Waals surface area contributed by atoms with Gasteiger partial charge in [-0.3, -0.25) is 5.10 Å². The Morgan fingerprint density at radius 2 is 2.19 bits per heavy atom. The van der Waals surface area contributed by atoms with Gasteiger partial charge < -0.3 is 10.2 Å². The SMILES string of the molecule is CN1CC[C@@H](c2[nH]ncc2-c2ccnc(NCc3ccccc3F)c2)C1. The fraction of sp³-hybridized carbons (Fsp3) is 0.300. The average molecular weight is 351 g/mol. The predicted molar refractivity (Wildman–Crippen MR) is 100 cm³/mol. The van der Waals surface area contributed by atoms with Crippen LogP contribution < -0.4 is 5.32 Å². The van der Waals surface area contributed by atoms with E-state index in [0.29, 0.717) is 18.0 Å². The lowest BCUT2D eigenvalue weighted by molar-refractivity contribution is 0.411. The first-order chi connectivity index (χ1) is 12.7. The van der Waals surface area contributed by atoms with Crippen LogP contribution in [0.25, 0.3) is 11.1 Å². The Morgan fingerprint density at radius 1 is 1.31 bits per heavy atom. The molecule has 1 aliphatic heterocycles. The molecule has 0 radical (unpaired) electrons. The lowest BCUT2D eigenvalue weighted by Crippen LogP contribution is -2.13. The van der Waals surface area contributed by atoms with Crippen molar-refractivity contribution < 1.29 is 4.39 Å². The van der Waals surface area contributed by atoms with Gasteiger partial charge in [0.15, 0.2) is 0 Å². The number of nitrogens with zero attached hydrogens (tertiary/aromatic N) is 3. The quantitative estimate of drug-likeness (QED) is 0.737. The third-order valence-electron chi connectivity index (χ3n) is 4.96.